The molecule has 0 aliphatic heterocycles. The van der Waals surface area contributed by atoms with E-state index in [9.17, 15) is 0 Å². The number of hydrogen-bond acceptors (Lipinski definition) is 4. The number of aliphatic hydroxyl groups is 1. The van der Waals surface area contributed by atoms with Crippen LogP contribution >= 0.6 is 0 Å². The number of nitrogens with zero attached hydrogens (tertiary/aromatic N) is 3. The summed E-state index contributed by atoms with van der Waals surface area (Å²) < 4.78 is 0. The van der Waals surface area contributed by atoms with Crippen molar-refractivity contribution in [3.05, 3.63) is 18.5 Å². The second kappa shape index (κ2) is 3.12. The molecule has 0 aromatic carbocycles. The molecule has 1 aromatic heterocycles. The van der Waals surface area contributed by atoms with Crippen molar-refractivity contribution in [1.29, 1.82) is 0 Å². The Labute approximate surface area is 59.2 Å². The first-order valence-corrected chi connectivity index (χ1v) is 2.93. The molecule has 1 aromatic rings. The quantitative estimate of drug-likeness (QED) is 0.579. The summed E-state index contributed by atoms with van der Waals surface area (Å²) in [7, 11) is 1.72. The Morgan fingerprint density at radius 2 is 2.10 bits per heavy atom. The van der Waals surface area contributed by atoms with Crippen molar-refractivity contribution in [3.63, 3.8) is 0 Å². The van der Waals surface area contributed by atoms with Crippen molar-refractivity contribution in [2.45, 2.75) is 0 Å². The normalized spacial score (nSPS) is 9.40. The van der Waals surface area contributed by atoms with Crippen LogP contribution in [0.1, 0.15) is 0 Å². The molecule has 0 bridgehead atoms. The number of aromatic nitrogens is 2. The van der Waals surface area contributed by atoms with Gasteiger partial charge in [-0.2, -0.15) is 0 Å². The molecule has 1 rings (SSSR count). The molecule has 54 valence electrons. The number of rotatable bonds is 2. The van der Waals surface area contributed by atoms with Crippen LogP contribution in [0.25, 0.3) is 0 Å². The van der Waals surface area contributed by atoms with Gasteiger partial charge in [0.1, 0.15) is 6.73 Å². The molecule has 4 heteroatoms. The largest absolute Gasteiger partial charge is 0.376 e. The molecule has 0 saturated carbocycles. The van der Waals surface area contributed by atoms with Crippen LogP contribution < -0.4 is 4.90 Å². The van der Waals surface area contributed by atoms with Gasteiger partial charge in [0.25, 0.3) is 0 Å². The Balaban J connectivity index is 2.75. The lowest BCUT2D eigenvalue weighted by Gasteiger charge is -2.11. The maximum Gasteiger partial charge on any atom is 0.226 e. The Hall–Kier alpha value is -1.16. The fourth-order valence-corrected chi connectivity index (χ4v) is 0.552. The molecule has 0 unspecified atom stereocenters. The van der Waals surface area contributed by atoms with Crippen molar-refractivity contribution < 1.29 is 5.11 Å². The average Bonchev–Trinajstić information content (AvgIpc) is 2.05. The number of aliphatic hydroxyl groups excluding tert-OH is 1. The van der Waals surface area contributed by atoms with Crippen molar-refractivity contribution >= 4 is 5.95 Å². The van der Waals surface area contributed by atoms with E-state index in [1.165, 1.54) is 0 Å². The van der Waals surface area contributed by atoms with Crippen molar-refractivity contribution in [3.8, 4) is 0 Å². The van der Waals surface area contributed by atoms with E-state index in [2.05, 4.69) is 9.97 Å². The predicted octanol–water partition coefficient (Wildman–Crippen LogP) is -0.137. The summed E-state index contributed by atoms with van der Waals surface area (Å²) >= 11 is 0. The number of anilines is 1. The van der Waals surface area contributed by atoms with Gasteiger partial charge in [0.05, 0.1) is 0 Å². The molecule has 0 aliphatic rings. The zero-order chi connectivity index (χ0) is 7.40. The summed E-state index contributed by atoms with van der Waals surface area (Å²) in [5.74, 6) is 0.532. The number of hydrogen-bond donors (Lipinski definition) is 1. The molecule has 0 radical (unpaired) electrons. The highest BCUT2D eigenvalue weighted by Gasteiger charge is 1.97. The molecule has 0 fully saturated rings. The van der Waals surface area contributed by atoms with Crippen LogP contribution in [0.15, 0.2) is 18.5 Å². The summed E-state index contributed by atoms with van der Waals surface area (Å²) in [6.45, 7) is -0.0655. The SMILES string of the molecule is CN(CO)c1ncccn1. The van der Waals surface area contributed by atoms with Crippen LogP contribution in [0.3, 0.4) is 0 Å². The van der Waals surface area contributed by atoms with E-state index in [0.29, 0.717) is 5.95 Å². The Bertz CT molecular complexity index is 189. The van der Waals surface area contributed by atoms with Gasteiger partial charge in [-0.3, -0.25) is 0 Å². The molecular weight excluding hydrogens is 130 g/mol. The minimum atomic E-state index is -0.0655. The first kappa shape index (κ1) is 6.95. The minimum absolute atomic E-state index is 0.0655. The summed E-state index contributed by atoms with van der Waals surface area (Å²) in [5, 5.41) is 8.63. The lowest BCUT2D eigenvalue weighted by Crippen LogP contribution is -2.19. The zero-order valence-corrected chi connectivity index (χ0v) is 5.73. The van der Waals surface area contributed by atoms with Gasteiger partial charge in [0.2, 0.25) is 5.95 Å². The molecular formula is C6H9N3O. The second-order valence-corrected chi connectivity index (χ2v) is 1.89. The molecule has 0 saturated heterocycles. The third kappa shape index (κ3) is 1.41. The van der Waals surface area contributed by atoms with E-state index >= 15 is 0 Å². The van der Waals surface area contributed by atoms with Crippen LogP contribution in [-0.4, -0.2) is 28.9 Å². The van der Waals surface area contributed by atoms with Gasteiger partial charge in [-0.05, 0) is 6.07 Å². The third-order valence-electron chi connectivity index (χ3n) is 1.11. The van der Waals surface area contributed by atoms with E-state index in [0.717, 1.165) is 0 Å². The van der Waals surface area contributed by atoms with Gasteiger partial charge >= 0.3 is 0 Å². The molecule has 0 aliphatic carbocycles. The average molecular weight is 139 g/mol. The van der Waals surface area contributed by atoms with E-state index < -0.39 is 0 Å². The van der Waals surface area contributed by atoms with Crippen LogP contribution in [0.5, 0.6) is 0 Å². The molecule has 1 N–H and O–H groups in total. The maximum absolute atomic E-state index is 8.63. The van der Waals surface area contributed by atoms with E-state index in [4.69, 9.17) is 5.11 Å². The Morgan fingerprint density at radius 3 is 2.60 bits per heavy atom. The standard InChI is InChI=1S/C6H9N3O/c1-9(5-10)6-7-3-2-4-8-6/h2-4,10H,5H2,1H3. The Kier molecular flexibility index (Phi) is 2.17. The van der Waals surface area contributed by atoms with Crippen LogP contribution in [0, 0.1) is 0 Å². The highest BCUT2D eigenvalue weighted by Crippen LogP contribution is 1.98. The first-order chi connectivity index (χ1) is 4.84. The van der Waals surface area contributed by atoms with E-state index in [-0.39, 0.29) is 6.73 Å². The van der Waals surface area contributed by atoms with Crippen LogP contribution in [0.4, 0.5) is 5.95 Å². The monoisotopic (exact) mass is 139 g/mol. The third-order valence-corrected chi connectivity index (χ3v) is 1.11. The molecule has 10 heavy (non-hydrogen) atoms. The van der Waals surface area contributed by atoms with Gasteiger partial charge in [-0.25, -0.2) is 9.97 Å². The van der Waals surface area contributed by atoms with Crippen molar-refractivity contribution in [2.24, 2.45) is 0 Å². The molecule has 0 amide bonds. The van der Waals surface area contributed by atoms with Gasteiger partial charge in [-0.1, -0.05) is 0 Å². The summed E-state index contributed by atoms with van der Waals surface area (Å²) in [4.78, 5) is 9.35. The summed E-state index contributed by atoms with van der Waals surface area (Å²) in [5.41, 5.74) is 0. The van der Waals surface area contributed by atoms with Gasteiger partial charge in [0, 0.05) is 19.4 Å². The summed E-state index contributed by atoms with van der Waals surface area (Å²) in [6.07, 6.45) is 3.27. The minimum Gasteiger partial charge on any atom is -0.376 e. The zero-order valence-electron chi connectivity index (χ0n) is 5.73. The summed E-state index contributed by atoms with van der Waals surface area (Å²) in [6, 6.07) is 1.73. The fraction of sp³-hybridized carbons (Fsp3) is 0.333. The highest BCUT2D eigenvalue weighted by molar-refractivity contribution is 5.24. The van der Waals surface area contributed by atoms with E-state index in [1.807, 2.05) is 0 Å². The van der Waals surface area contributed by atoms with E-state index in [1.54, 1.807) is 30.4 Å². The first-order valence-electron chi connectivity index (χ1n) is 2.93. The topological polar surface area (TPSA) is 49.2 Å². The maximum atomic E-state index is 8.63. The molecule has 1 heterocycles. The van der Waals surface area contributed by atoms with Crippen LogP contribution in [-0.2, 0) is 0 Å². The van der Waals surface area contributed by atoms with Crippen molar-refractivity contribution in [2.75, 3.05) is 18.7 Å². The lowest BCUT2D eigenvalue weighted by atomic mass is 10.6. The lowest BCUT2D eigenvalue weighted by molar-refractivity contribution is 0.296. The fourth-order valence-electron chi connectivity index (χ4n) is 0.552. The second-order valence-electron chi connectivity index (χ2n) is 1.89. The smallest absolute Gasteiger partial charge is 0.226 e. The van der Waals surface area contributed by atoms with Gasteiger partial charge < -0.3 is 10.0 Å². The van der Waals surface area contributed by atoms with Crippen LogP contribution in [0.2, 0.25) is 0 Å². The molecule has 0 atom stereocenters. The highest BCUT2D eigenvalue weighted by atomic mass is 16.3. The molecule has 4 nitrogen and oxygen atoms in total. The van der Waals surface area contributed by atoms with Gasteiger partial charge in [0.15, 0.2) is 0 Å². The predicted molar refractivity (Wildman–Crippen MR) is 37.5 cm³/mol. The molecule has 0 spiro atoms. The van der Waals surface area contributed by atoms with Gasteiger partial charge in [-0.15, -0.1) is 0 Å². The Morgan fingerprint density at radius 1 is 1.50 bits per heavy atom. The van der Waals surface area contributed by atoms with Crippen molar-refractivity contribution in [1.82, 2.24) is 9.97 Å².